The standard InChI is InChI=1S/C9H5Cl5O2S/c1-2(9(15)16)17-8-6(13)4(11)3(10)5(12)7(8)14/h2H,1H3,(H,15,16). The van der Waals surface area contributed by atoms with Gasteiger partial charge in [0.1, 0.15) is 5.25 Å². The molecule has 0 bridgehead atoms. The SMILES string of the molecule is CC(Sc1c(Cl)c(Cl)c(Cl)c(Cl)c1Cl)C(=O)O. The molecule has 0 aliphatic rings. The Bertz CT molecular complexity index is 448. The van der Waals surface area contributed by atoms with Crippen molar-refractivity contribution >= 4 is 75.7 Å². The lowest BCUT2D eigenvalue weighted by atomic mass is 10.3. The maximum Gasteiger partial charge on any atom is 0.316 e. The Balaban J connectivity index is 3.30. The predicted octanol–water partition coefficient (Wildman–Crippen LogP) is 5.52. The molecule has 1 unspecified atom stereocenters. The summed E-state index contributed by atoms with van der Waals surface area (Å²) in [6.45, 7) is 1.50. The molecule has 0 fully saturated rings. The van der Waals surface area contributed by atoms with E-state index in [0.717, 1.165) is 11.8 Å². The van der Waals surface area contributed by atoms with Crippen LogP contribution in [0.5, 0.6) is 0 Å². The highest BCUT2D eigenvalue weighted by Crippen LogP contribution is 2.48. The Hall–Kier alpha value is 0.490. The third-order valence-corrected chi connectivity index (χ3v) is 5.51. The Morgan fingerprint density at radius 3 is 1.71 bits per heavy atom. The van der Waals surface area contributed by atoms with E-state index in [0.29, 0.717) is 4.90 Å². The van der Waals surface area contributed by atoms with Crippen molar-refractivity contribution in [2.24, 2.45) is 0 Å². The van der Waals surface area contributed by atoms with Crippen LogP contribution in [0.2, 0.25) is 25.1 Å². The lowest BCUT2D eigenvalue weighted by molar-refractivity contribution is -0.136. The molecule has 1 aromatic rings. The lowest BCUT2D eigenvalue weighted by Gasteiger charge is -2.13. The van der Waals surface area contributed by atoms with Gasteiger partial charge in [-0.3, -0.25) is 4.79 Å². The number of hydrogen-bond donors (Lipinski definition) is 1. The van der Waals surface area contributed by atoms with Gasteiger partial charge < -0.3 is 5.11 Å². The molecular formula is C9H5Cl5O2S. The van der Waals surface area contributed by atoms with Gasteiger partial charge >= 0.3 is 5.97 Å². The van der Waals surface area contributed by atoms with Gasteiger partial charge in [0.2, 0.25) is 0 Å². The molecule has 0 radical (unpaired) electrons. The second-order valence-electron chi connectivity index (χ2n) is 3.00. The second-order valence-corrected chi connectivity index (χ2v) is 6.24. The molecule has 0 aromatic heterocycles. The normalized spacial score (nSPS) is 12.6. The first-order chi connectivity index (χ1) is 7.77. The minimum absolute atomic E-state index is 0.0515. The van der Waals surface area contributed by atoms with Crippen LogP contribution in [-0.4, -0.2) is 16.3 Å². The smallest absolute Gasteiger partial charge is 0.316 e. The summed E-state index contributed by atoms with van der Waals surface area (Å²) in [5, 5.41) is 8.45. The largest absolute Gasteiger partial charge is 0.480 e. The van der Waals surface area contributed by atoms with Crippen molar-refractivity contribution in [2.45, 2.75) is 17.1 Å². The molecule has 0 amide bonds. The van der Waals surface area contributed by atoms with Crippen molar-refractivity contribution in [2.75, 3.05) is 0 Å². The van der Waals surface area contributed by atoms with Gasteiger partial charge in [-0.1, -0.05) is 58.0 Å². The van der Waals surface area contributed by atoms with E-state index < -0.39 is 11.2 Å². The Morgan fingerprint density at radius 2 is 1.35 bits per heavy atom. The van der Waals surface area contributed by atoms with Crippen LogP contribution in [0.1, 0.15) is 6.92 Å². The van der Waals surface area contributed by atoms with Crippen molar-refractivity contribution < 1.29 is 9.90 Å². The van der Waals surface area contributed by atoms with Gasteiger partial charge in [-0.2, -0.15) is 0 Å². The predicted molar refractivity (Wildman–Crippen MR) is 74.4 cm³/mol. The van der Waals surface area contributed by atoms with Crippen LogP contribution in [0, 0.1) is 0 Å². The fourth-order valence-corrected chi connectivity index (χ4v) is 3.30. The molecule has 1 N–H and O–H groups in total. The maximum absolute atomic E-state index is 10.8. The summed E-state index contributed by atoms with van der Waals surface area (Å²) in [6, 6.07) is 0. The molecule has 1 aromatic carbocycles. The molecule has 0 spiro atoms. The highest BCUT2D eigenvalue weighted by atomic mass is 35.5. The first-order valence-corrected chi connectivity index (χ1v) is 6.95. The summed E-state index contributed by atoms with van der Waals surface area (Å²) in [6.07, 6.45) is 0. The van der Waals surface area contributed by atoms with E-state index in [9.17, 15) is 4.79 Å². The van der Waals surface area contributed by atoms with Crippen LogP contribution in [-0.2, 0) is 4.79 Å². The average Bonchev–Trinajstić information content (AvgIpc) is 2.29. The van der Waals surface area contributed by atoms with E-state index in [-0.39, 0.29) is 25.1 Å². The van der Waals surface area contributed by atoms with E-state index in [1.54, 1.807) is 0 Å². The van der Waals surface area contributed by atoms with E-state index >= 15 is 0 Å². The topological polar surface area (TPSA) is 37.3 Å². The van der Waals surface area contributed by atoms with Crippen molar-refractivity contribution in [3.8, 4) is 0 Å². The molecule has 1 atom stereocenters. The summed E-state index contributed by atoms with van der Waals surface area (Å²) in [4.78, 5) is 11.1. The number of halogens is 5. The third kappa shape index (κ3) is 3.28. The average molecular weight is 354 g/mol. The monoisotopic (exact) mass is 352 g/mol. The number of aliphatic carboxylic acids is 1. The van der Waals surface area contributed by atoms with E-state index in [1.807, 2.05) is 0 Å². The number of carboxylic acid groups (broad SMARTS) is 1. The van der Waals surface area contributed by atoms with E-state index in [2.05, 4.69) is 0 Å². The first kappa shape index (κ1) is 15.5. The molecule has 0 aliphatic heterocycles. The van der Waals surface area contributed by atoms with Gasteiger partial charge in [-0.25, -0.2) is 0 Å². The third-order valence-electron chi connectivity index (χ3n) is 1.81. The number of carboxylic acids is 1. The summed E-state index contributed by atoms with van der Waals surface area (Å²) in [7, 11) is 0. The number of benzene rings is 1. The molecule has 0 aliphatic carbocycles. The van der Waals surface area contributed by atoms with Crippen LogP contribution < -0.4 is 0 Å². The minimum Gasteiger partial charge on any atom is -0.480 e. The molecule has 17 heavy (non-hydrogen) atoms. The van der Waals surface area contributed by atoms with Gasteiger partial charge in [-0.15, -0.1) is 11.8 Å². The molecule has 0 saturated carbocycles. The Labute approximate surface area is 127 Å². The molecule has 0 heterocycles. The second kappa shape index (κ2) is 6.09. The van der Waals surface area contributed by atoms with Crippen molar-refractivity contribution in [1.82, 2.24) is 0 Å². The van der Waals surface area contributed by atoms with Crippen LogP contribution in [0.15, 0.2) is 4.90 Å². The fourth-order valence-electron chi connectivity index (χ4n) is 0.915. The molecule has 1 rings (SSSR count). The van der Waals surface area contributed by atoms with Gasteiger partial charge in [0.05, 0.1) is 25.1 Å². The maximum atomic E-state index is 10.8. The van der Waals surface area contributed by atoms with Crippen LogP contribution >= 0.6 is 69.8 Å². The number of carbonyl (C=O) groups is 1. The minimum atomic E-state index is -0.996. The summed E-state index contributed by atoms with van der Waals surface area (Å²) in [5.41, 5.74) is 0. The quantitative estimate of drug-likeness (QED) is 0.441. The van der Waals surface area contributed by atoms with Crippen LogP contribution in [0.25, 0.3) is 0 Å². The van der Waals surface area contributed by atoms with E-state index in [4.69, 9.17) is 63.1 Å². The molecule has 94 valence electrons. The highest BCUT2D eigenvalue weighted by molar-refractivity contribution is 8.00. The molecule has 2 nitrogen and oxygen atoms in total. The first-order valence-electron chi connectivity index (χ1n) is 4.18. The summed E-state index contributed by atoms with van der Waals surface area (Å²) >= 11 is 30.4. The van der Waals surface area contributed by atoms with Gasteiger partial charge in [0.25, 0.3) is 0 Å². The van der Waals surface area contributed by atoms with Crippen LogP contribution in [0.3, 0.4) is 0 Å². The fraction of sp³-hybridized carbons (Fsp3) is 0.222. The summed E-state index contributed by atoms with van der Waals surface area (Å²) < 4.78 is 0. The summed E-state index contributed by atoms with van der Waals surface area (Å²) in [5.74, 6) is -0.996. The zero-order chi connectivity index (χ0) is 13.3. The van der Waals surface area contributed by atoms with Crippen molar-refractivity contribution in [1.29, 1.82) is 0 Å². The van der Waals surface area contributed by atoms with Crippen molar-refractivity contribution in [3.63, 3.8) is 0 Å². The lowest BCUT2D eigenvalue weighted by Crippen LogP contribution is -2.11. The molecular weight excluding hydrogens is 349 g/mol. The number of thioether (sulfide) groups is 1. The number of rotatable bonds is 3. The number of hydrogen-bond acceptors (Lipinski definition) is 2. The van der Waals surface area contributed by atoms with Gasteiger partial charge in [0, 0.05) is 4.90 Å². The Kier molecular flexibility index (Phi) is 5.57. The van der Waals surface area contributed by atoms with Gasteiger partial charge in [-0.05, 0) is 6.92 Å². The highest BCUT2D eigenvalue weighted by Gasteiger charge is 2.23. The zero-order valence-electron chi connectivity index (χ0n) is 8.23. The Morgan fingerprint density at radius 1 is 1.00 bits per heavy atom. The van der Waals surface area contributed by atoms with Crippen LogP contribution in [0.4, 0.5) is 0 Å². The van der Waals surface area contributed by atoms with E-state index in [1.165, 1.54) is 6.92 Å². The van der Waals surface area contributed by atoms with Crippen molar-refractivity contribution in [3.05, 3.63) is 25.1 Å². The zero-order valence-corrected chi connectivity index (χ0v) is 12.8. The van der Waals surface area contributed by atoms with Gasteiger partial charge in [0.15, 0.2) is 0 Å². The molecule has 0 saturated heterocycles. The molecule has 8 heteroatoms.